The quantitative estimate of drug-likeness (QED) is 0.848. The fourth-order valence-corrected chi connectivity index (χ4v) is 1.48. The van der Waals surface area contributed by atoms with Gasteiger partial charge in [0.05, 0.1) is 23.5 Å². The van der Waals surface area contributed by atoms with Gasteiger partial charge in [-0.1, -0.05) is 11.6 Å². The minimum atomic E-state index is -0.287. The van der Waals surface area contributed by atoms with Crippen molar-refractivity contribution in [1.29, 1.82) is 0 Å². The Bertz CT molecular complexity index is 572. The zero-order chi connectivity index (χ0) is 14.4. The summed E-state index contributed by atoms with van der Waals surface area (Å²) in [6, 6.07) is 3.35. The predicted octanol–water partition coefficient (Wildman–Crippen LogP) is 1.64. The Balaban J connectivity index is 1.74. The largest absolute Gasteiger partial charge is 0.476 e. The summed E-state index contributed by atoms with van der Waals surface area (Å²) in [6.45, 7) is 2.46. The molecule has 2 heterocycles. The van der Waals surface area contributed by atoms with E-state index in [2.05, 4.69) is 20.3 Å². The highest BCUT2D eigenvalue weighted by Gasteiger charge is 2.06. The first-order valence-electron chi connectivity index (χ1n) is 5.96. The van der Waals surface area contributed by atoms with E-state index in [1.54, 1.807) is 18.3 Å². The summed E-state index contributed by atoms with van der Waals surface area (Å²) < 4.78 is 5.35. The molecule has 6 nitrogen and oxygen atoms in total. The zero-order valence-corrected chi connectivity index (χ0v) is 11.6. The number of amides is 1. The van der Waals surface area contributed by atoms with Crippen LogP contribution in [-0.2, 0) is 0 Å². The van der Waals surface area contributed by atoms with Gasteiger partial charge in [-0.3, -0.25) is 9.78 Å². The molecule has 104 valence electrons. The van der Waals surface area contributed by atoms with Gasteiger partial charge in [0.15, 0.2) is 0 Å². The maximum atomic E-state index is 11.7. The summed E-state index contributed by atoms with van der Waals surface area (Å²) in [4.78, 5) is 23.7. The van der Waals surface area contributed by atoms with Gasteiger partial charge < -0.3 is 10.1 Å². The lowest BCUT2D eigenvalue weighted by Gasteiger charge is -2.06. The standard InChI is InChI=1S/C13H13ClN4O2/c1-9-6-17-11(8-16-9)13(19)15-4-5-20-12-3-2-10(14)7-18-12/h2-3,6-8H,4-5H2,1H3,(H,15,19). The number of nitrogens with one attached hydrogen (secondary N) is 1. The number of aromatic nitrogens is 3. The first-order chi connectivity index (χ1) is 9.65. The highest BCUT2D eigenvalue weighted by atomic mass is 35.5. The molecule has 7 heteroatoms. The smallest absolute Gasteiger partial charge is 0.271 e. The second-order valence-electron chi connectivity index (χ2n) is 3.96. The van der Waals surface area contributed by atoms with Crippen LogP contribution >= 0.6 is 11.6 Å². The third kappa shape index (κ3) is 4.17. The van der Waals surface area contributed by atoms with Gasteiger partial charge in [0.2, 0.25) is 5.88 Å². The van der Waals surface area contributed by atoms with Crippen molar-refractivity contribution in [1.82, 2.24) is 20.3 Å². The van der Waals surface area contributed by atoms with E-state index in [-0.39, 0.29) is 11.6 Å². The molecule has 0 saturated carbocycles. The maximum Gasteiger partial charge on any atom is 0.271 e. The lowest BCUT2D eigenvalue weighted by atomic mass is 10.4. The maximum absolute atomic E-state index is 11.7. The molecule has 0 bridgehead atoms. The molecule has 0 aromatic carbocycles. The van der Waals surface area contributed by atoms with Crippen LogP contribution in [-0.4, -0.2) is 34.0 Å². The average Bonchev–Trinajstić information content (AvgIpc) is 2.46. The Labute approximate surface area is 121 Å². The summed E-state index contributed by atoms with van der Waals surface area (Å²) in [5, 5.41) is 3.22. The van der Waals surface area contributed by atoms with Gasteiger partial charge in [0.25, 0.3) is 5.91 Å². The predicted molar refractivity (Wildman–Crippen MR) is 73.8 cm³/mol. The van der Waals surface area contributed by atoms with E-state index in [4.69, 9.17) is 16.3 Å². The number of hydrogen-bond donors (Lipinski definition) is 1. The summed E-state index contributed by atoms with van der Waals surface area (Å²) in [5.41, 5.74) is 1.04. The van der Waals surface area contributed by atoms with Gasteiger partial charge in [-0.2, -0.15) is 0 Å². The Morgan fingerprint density at radius 2 is 2.10 bits per heavy atom. The van der Waals surface area contributed by atoms with Crippen molar-refractivity contribution in [2.75, 3.05) is 13.2 Å². The van der Waals surface area contributed by atoms with Crippen molar-refractivity contribution >= 4 is 17.5 Å². The van der Waals surface area contributed by atoms with Crippen LogP contribution in [0.5, 0.6) is 5.88 Å². The molecule has 1 N–H and O–H groups in total. The minimum absolute atomic E-state index is 0.278. The van der Waals surface area contributed by atoms with Gasteiger partial charge in [-0.05, 0) is 13.0 Å². The van der Waals surface area contributed by atoms with Crippen LogP contribution in [0, 0.1) is 6.92 Å². The first kappa shape index (κ1) is 14.2. The summed E-state index contributed by atoms with van der Waals surface area (Å²) in [7, 11) is 0. The number of rotatable bonds is 5. The second kappa shape index (κ2) is 6.81. The second-order valence-corrected chi connectivity index (χ2v) is 4.40. The lowest BCUT2D eigenvalue weighted by Crippen LogP contribution is -2.29. The highest BCUT2D eigenvalue weighted by Crippen LogP contribution is 2.10. The molecule has 1 amide bonds. The molecule has 2 aromatic rings. The van der Waals surface area contributed by atoms with Crippen LogP contribution in [0.1, 0.15) is 16.2 Å². The van der Waals surface area contributed by atoms with Gasteiger partial charge in [0, 0.05) is 18.5 Å². The molecule has 0 unspecified atom stereocenters. The molecule has 0 aliphatic carbocycles. The molecular formula is C13H13ClN4O2. The van der Waals surface area contributed by atoms with Gasteiger partial charge in [-0.25, -0.2) is 9.97 Å². The van der Waals surface area contributed by atoms with Crippen LogP contribution in [0.3, 0.4) is 0 Å². The number of hydrogen-bond acceptors (Lipinski definition) is 5. The van der Waals surface area contributed by atoms with Crippen LogP contribution in [0.2, 0.25) is 5.02 Å². The van der Waals surface area contributed by atoms with Crippen molar-refractivity contribution in [2.45, 2.75) is 6.92 Å². The Morgan fingerprint density at radius 1 is 1.25 bits per heavy atom. The molecule has 0 saturated heterocycles. The minimum Gasteiger partial charge on any atom is -0.476 e. The lowest BCUT2D eigenvalue weighted by molar-refractivity contribution is 0.0941. The Kier molecular flexibility index (Phi) is 4.84. The topological polar surface area (TPSA) is 77.0 Å². The van der Waals surface area contributed by atoms with Crippen molar-refractivity contribution in [3.8, 4) is 5.88 Å². The molecule has 2 aromatic heterocycles. The normalized spacial score (nSPS) is 10.1. The summed E-state index contributed by atoms with van der Waals surface area (Å²) >= 11 is 5.71. The summed E-state index contributed by atoms with van der Waals surface area (Å²) in [6.07, 6.45) is 4.48. The van der Waals surface area contributed by atoms with Crippen molar-refractivity contribution in [2.24, 2.45) is 0 Å². The van der Waals surface area contributed by atoms with Crippen LogP contribution in [0.25, 0.3) is 0 Å². The number of nitrogens with zero attached hydrogens (tertiary/aromatic N) is 3. The molecule has 2 rings (SSSR count). The molecule has 0 aliphatic heterocycles. The van der Waals surface area contributed by atoms with Crippen LogP contribution < -0.4 is 10.1 Å². The number of carbonyl (C=O) groups is 1. The third-order valence-electron chi connectivity index (χ3n) is 2.35. The van der Waals surface area contributed by atoms with E-state index in [0.29, 0.717) is 24.1 Å². The molecule has 0 atom stereocenters. The van der Waals surface area contributed by atoms with Gasteiger partial charge in [-0.15, -0.1) is 0 Å². The van der Waals surface area contributed by atoms with E-state index >= 15 is 0 Å². The van der Waals surface area contributed by atoms with Gasteiger partial charge >= 0.3 is 0 Å². The number of pyridine rings is 1. The van der Waals surface area contributed by atoms with Crippen LogP contribution in [0.15, 0.2) is 30.7 Å². The Hall–Kier alpha value is -2.21. The SMILES string of the molecule is Cc1cnc(C(=O)NCCOc2ccc(Cl)cn2)cn1. The van der Waals surface area contributed by atoms with E-state index in [1.165, 1.54) is 12.4 Å². The molecule has 0 spiro atoms. The summed E-state index contributed by atoms with van der Waals surface area (Å²) in [5.74, 6) is 0.170. The molecule has 20 heavy (non-hydrogen) atoms. The molecule has 0 aliphatic rings. The van der Waals surface area contributed by atoms with Gasteiger partial charge in [0.1, 0.15) is 12.3 Å². The fraction of sp³-hybridized carbons (Fsp3) is 0.231. The Morgan fingerprint density at radius 3 is 2.75 bits per heavy atom. The number of carbonyl (C=O) groups excluding carboxylic acids is 1. The molecule has 0 radical (unpaired) electrons. The highest BCUT2D eigenvalue weighted by molar-refractivity contribution is 6.30. The van der Waals surface area contributed by atoms with E-state index in [1.807, 2.05) is 6.92 Å². The van der Waals surface area contributed by atoms with Crippen molar-refractivity contribution in [3.05, 3.63) is 47.1 Å². The van der Waals surface area contributed by atoms with E-state index in [0.717, 1.165) is 5.69 Å². The molecule has 0 fully saturated rings. The van der Waals surface area contributed by atoms with E-state index in [9.17, 15) is 4.79 Å². The number of ether oxygens (including phenoxy) is 1. The first-order valence-corrected chi connectivity index (χ1v) is 6.34. The van der Waals surface area contributed by atoms with Crippen molar-refractivity contribution < 1.29 is 9.53 Å². The van der Waals surface area contributed by atoms with E-state index < -0.39 is 0 Å². The number of aryl methyl sites for hydroxylation is 1. The molecular weight excluding hydrogens is 280 g/mol. The van der Waals surface area contributed by atoms with Crippen molar-refractivity contribution in [3.63, 3.8) is 0 Å². The monoisotopic (exact) mass is 292 g/mol. The average molecular weight is 293 g/mol. The van der Waals surface area contributed by atoms with Crippen LogP contribution in [0.4, 0.5) is 0 Å². The third-order valence-corrected chi connectivity index (χ3v) is 2.57. The fourth-order valence-electron chi connectivity index (χ4n) is 1.37. The zero-order valence-electron chi connectivity index (χ0n) is 10.8. The number of halogens is 1.